The van der Waals surface area contributed by atoms with Crippen LogP contribution in [0.15, 0.2) is 42.5 Å². The number of methoxy groups -OCH3 is 1. The zero-order valence-electron chi connectivity index (χ0n) is 11.6. The summed E-state index contributed by atoms with van der Waals surface area (Å²) in [6, 6.07) is 12.3. The Morgan fingerprint density at radius 2 is 1.80 bits per heavy atom. The van der Waals surface area contributed by atoms with E-state index in [0.29, 0.717) is 12.3 Å². The minimum atomic E-state index is 0.00899. The third-order valence-electron chi connectivity index (χ3n) is 3.25. The fourth-order valence-electron chi connectivity index (χ4n) is 2.01. The predicted octanol–water partition coefficient (Wildman–Crippen LogP) is 2.96. The molecule has 0 aromatic heterocycles. The average molecular weight is 273 g/mol. The van der Waals surface area contributed by atoms with E-state index >= 15 is 0 Å². The third-order valence-corrected chi connectivity index (χ3v) is 3.25. The van der Waals surface area contributed by atoms with Gasteiger partial charge in [0, 0.05) is 24.2 Å². The van der Waals surface area contributed by atoms with Crippen LogP contribution < -0.4 is 10.1 Å². The molecule has 2 aromatic rings. The smallest absolute Gasteiger partial charge is 0.124 e. The van der Waals surface area contributed by atoms with Crippen molar-refractivity contribution in [3.63, 3.8) is 0 Å². The quantitative estimate of drug-likeness (QED) is 0.784. The van der Waals surface area contributed by atoms with Crippen molar-refractivity contribution in [1.82, 2.24) is 5.32 Å². The summed E-state index contributed by atoms with van der Waals surface area (Å²) in [5.41, 5.74) is 1.90. The van der Waals surface area contributed by atoms with Crippen molar-refractivity contribution >= 4 is 0 Å². The minimum Gasteiger partial charge on any atom is -0.508 e. The van der Waals surface area contributed by atoms with E-state index in [9.17, 15) is 10.2 Å². The van der Waals surface area contributed by atoms with Crippen LogP contribution in [0, 0.1) is 0 Å². The van der Waals surface area contributed by atoms with E-state index in [1.165, 1.54) is 0 Å². The summed E-state index contributed by atoms with van der Waals surface area (Å²) in [4.78, 5) is 0. The summed E-state index contributed by atoms with van der Waals surface area (Å²) in [6.45, 7) is 2.65. The molecular weight excluding hydrogens is 254 g/mol. The predicted molar refractivity (Wildman–Crippen MR) is 78.0 cm³/mol. The molecule has 0 saturated heterocycles. The normalized spacial score (nSPS) is 12.1. The number of rotatable bonds is 5. The monoisotopic (exact) mass is 273 g/mol. The maximum Gasteiger partial charge on any atom is 0.124 e. The first kappa shape index (κ1) is 14.2. The van der Waals surface area contributed by atoms with Crippen molar-refractivity contribution in [2.45, 2.75) is 19.5 Å². The first-order valence-electron chi connectivity index (χ1n) is 6.48. The molecule has 0 saturated carbocycles. The highest BCUT2D eigenvalue weighted by Gasteiger charge is 2.10. The van der Waals surface area contributed by atoms with E-state index in [1.807, 2.05) is 31.2 Å². The minimum absolute atomic E-state index is 0.00899. The highest BCUT2D eigenvalue weighted by molar-refractivity contribution is 5.41. The number of phenols is 2. The second-order valence-corrected chi connectivity index (χ2v) is 4.69. The molecule has 106 valence electrons. The molecule has 20 heavy (non-hydrogen) atoms. The van der Waals surface area contributed by atoms with E-state index in [0.717, 1.165) is 11.1 Å². The molecule has 2 rings (SSSR count). The van der Waals surface area contributed by atoms with E-state index in [4.69, 9.17) is 4.74 Å². The number of aromatic hydroxyl groups is 2. The Balaban J connectivity index is 2.01. The van der Waals surface area contributed by atoms with Gasteiger partial charge in [0.15, 0.2) is 0 Å². The topological polar surface area (TPSA) is 61.7 Å². The Hall–Kier alpha value is -2.20. The Morgan fingerprint density at radius 1 is 1.10 bits per heavy atom. The van der Waals surface area contributed by atoms with Gasteiger partial charge in [0.1, 0.15) is 17.2 Å². The van der Waals surface area contributed by atoms with Gasteiger partial charge in [0.05, 0.1) is 7.11 Å². The Labute approximate surface area is 118 Å². The number of hydrogen-bond donors (Lipinski definition) is 3. The van der Waals surface area contributed by atoms with Crippen molar-refractivity contribution < 1.29 is 14.9 Å². The molecule has 0 radical (unpaired) electrons. The maximum atomic E-state index is 9.97. The van der Waals surface area contributed by atoms with E-state index in [-0.39, 0.29) is 17.5 Å². The van der Waals surface area contributed by atoms with Crippen molar-refractivity contribution in [3.8, 4) is 17.2 Å². The van der Waals surface area contributed by atoms with Crippen LogP contribution in [0.5, 0.6) is 17.2 Å². The van der Waals surface area contributed by atoms with Crippen LogP contribution in [0.4, 0.5) is 0 Å². The molecule has 0 spiro atoms. The van der Waals surface area contributed by atoms with Crippen LogP contribution in [0.3, 0.4) is 0 Å². The molecule has 0 heterocycles. The van der Waals surface area contributed by atoms with Gasteiger partial charge in [-0.05, 0) is 30.7 Å². The van der Waals surface area contributed by atoms with E-state index in [1.54, 1.807) is 25.3 Å². The molecule has 0 aliphatic heterocycles. The Bertz CT molecular complexity index is 566. The number of hydrogen-bond acceptors (Lipinski definition) is 4. The average Bonchev–Trinajstić information content (AvgIpc) is 2.46. The van der Waals surface area contributed by atoms with Crippen LogP contribution in [0.2, 0.25) is 0 Å². The lowest BCUT2D eigenvalue weighted by Crippen LogP contribution is -2.18. The molecule has 1 atom stereocenters. The van der Waals surface area contributed by atoms with Crippen molar-refractivity contribution in [2.75, 3.05) is 7.11 Å². The number of nitrogens with one attached hydrogen (secondary N) is 1. The second kappa shape index (κ2) is 6.30. The van der Waals surface area contributed by atoms with Crippen LogP contribution in [0.25, 0.3) is 0 Å². The zero-order valence-corrected chi connectivity index (χ0v) is 11.6. The van der Waals surface area contributed by atoms with Gasteiger partial charge in [-0.2, -0.15) is 0 Å². The maximum absolute atomic E-state index is 9.97. The first-order chi connectivity index (χ1) is 9.60. The lowest BCUT2D eigenvalue weighted by molar-refractivity contribution is 0.404. The van der Waals surface area contributed by atoms with Crippen molar-refractivity contribution in [3.05, 3.63) is 53.6 Å². The van der Waals surface area contributed by atoms with Gasteiger partial charge in [-0.1, -0.05) is 18.2 Å². The molecule has 2 aromatic carbocycles. The molecule has 0 fully saturated rings. The van der Waals surface area contributed by atoms with Crippen molar-refractivity contribution in [2.24, 2.45) is 0 Å². The van der Waals surface area contributed by atoms with E-state index in [2.05, 4.69) is 5.32 Å². The molecule has 0 aliphatic rings. The second-order valence-electron chi connectivity index (χ2n) is 4.69. The van der Waals surface area contributed by atoms with Gasteiger partial charge in [0.2, 0.25) is 0 Å². The lowest BCUT2D eigenvalue weighted by Gasteiger charge is -2.16. The molecule has 3 N–H and O–H groups in total. The van der Waals surface area contributed by atoms with Crippen molar-refractivity contribution in [1.29, 1.82) is 0 Å². The van der Waals surface area contributed by atoms with Gasteiger partial charge in [-0.3, -0.25) is 0 Å². The first-order valence-corrected chi connectivity index (χ1v) is 6.48. The molecule has 1 unspecified atom stereocenters. The largest absolute Gasteiger partial charge is 0.508 e. The summed E-state index contributed by atoms with van der Waals surface area (Å²) in [7, 11) is 1.57. The Kier molecular flexibility index (Phi) is 4.48. The van der Waals surface area contributed by atoms with Crippen LogP contribution in [-0.2, 0) is 6.54 Å². The highest BCUT2D eigenvalue weighted by atomic mass is 16.5. The fourth-order valence-corrected chi connectivity index (χ4v) is 2.01. The number of benzene rings is 2. The van der Waals surface area contributed by atoms with Crippen LogP contribution in [0.1, 0.15) is 24.1 Å². The van der Waals surface area contributed by atoms with Gasteiger partial charge < -0.3 is 20.3 Å². The molecule has 0 amide bonds. The van der Waals surface area contributed by atoms with Gasteiger partial charge >= 0.3 is 0 Å². The van der Waals surface area contributed by atoms with E-state index < -0.39 is 0 Å². The molecule has 4 heteroatoms. The lowest BCUT2D eigenvalue weighted by atomic mass is 10.1. The van der Waals surface area contributed by atoms with Crippen LogP contribution in [-0.4, -0.2) is 17.3 Å². The molecular formula is C16H19NO3. The standard InChI is InChI=1S/C16H19NO3/c1-11(15-8-7-14(20-2)9-16(15)19)17-10-12-3-5-13(18)6-4-12/h3-9,11,17-19H,10H2,1-2H3. The summed E-state index contributed by atoms with van der Waals surface area (Å²) in [5.74, 6) is 1.11. The summed E-state index contributed by atoms with van der Waals surface area (Å²) >= 11 is 0. The summed E-state index contributed by atoms with van der Waals surface area (Å²) < 4.78 is 5.07. The van der Waals surface area contributed by atoms with Gasteiger partial charge in [-0.15, -0.1) is 0 Å². The molecule has 4 nitrogen and oxygen atoms in total. The zero-order chi connectivity index (χ0) is 14.5. The highest BCUT2D eigenvalue weighted by Crippen LogP contribution is 2.28. The van der Waals surface area contributed by atoms with Crippen LogP contribution >= 0.6 is 0 Å². The SMILES string of the molecule is COc1ccc(C(C)NCc2ccc(O)cc2)c(O)c1. The number of ether oxygens (including phenoxy) is 1. The van der Waals surface area contributed by atoms with Gasteiger partial charge in [0.25, 0.3) is 0 Å². The fraction of sp³-hybridized carbons (Fsp3) is 0.250. The third kappa shape index (κ3) is 3.42. The molecule has 0 aliphatic carbocycles. The molecule has 0 bridgehead atoms. The van der Waals surface area contributed by atoms with Gasteiger partial charge in [-0.25, -0.2) is 0 Å². The Morgan fingerprint density at radius 3 is 2.40 bits per heavy atom. The summed E-state index contributed by atoms with van der Waals surface area (Å²) in [6.07, 6.45) is 0. The number of phenolic OH excluding ortho intramolecular Hbond substituents is 2. The summed E-state index contributed by atoms with van der Waals surface area (Å²) in [5, 5.41) is 22.5.